The van der Waals surface area contributed by atoms with E-state index in [1.807, 2.05) is 6.07 Å². The number of nitrogens with one attached hydrogen (secondary N) is 2. The standard InChI is InChI=1S/C11H12BrN3/c12-8-4-11-6(3-9(8)13)7-5-14-2-1-10(7)15-11/h3-4,14-15H,1-2,5,13H2. The largest absolute Gasteiger partial charge is 0.398 e. The number of aromatic amines is 1. The van der Waals surface area contributed by atoms with Gasteiger partial charge >= 0.3 is 0 Å². The maximum Gasteiger partial charge on any atom is 0.0472 e. The first kappa shape index (κ1) is 9.24. The molecule has 0 amide bonds. The van der Waals surface area contributed by atoms with E-state index in [2.05, 4.69) is 32.3 Å². The Hall–Kier alpha value is -1.00. The Morgan fingerprint density at radius 2 is 2.20 bits per heavy atom. The molecule has 1 aliphatic rings. The zero-order valence-electron chi connectivity index (χ0n) is 8.23. The van der Waals surface area contributed by atoms with E-state index in [9.17, 15) is 0 Å². The van der Waals surface area contributed by atoms with Crippen LogP contribution in [-0.2, 0) is 13.0 Å². The second kappa shape index (κ2) is 3.25. The zero-order chi connectivity index (χ0) is 10.4. The van der Waals surface area contributed by atoms with Crippen LogP contribution in [0, 0.1) is 0 Å². The van der Waals surface area contributed by atoms with Gasteiger partial charge in [-0.3, -0.25) is 0 Å². The lowest BCUT2D eigenvalue weighted by atomic mass is 10.1. The fourth-order valence-electron chi connectivity index (χ4n) is 2.19. The molecule has 0 saturated carbocycles. The molecule has 2 aromatic rings. The number of hydrogen-bond acceptors (Lipinski definition) is 2. The number of H-pyrrole nitrogens is 1. The van der Waals surface area contributed by atoms with Gasteiger partial charge in [-0.2, -0.15) is 0 Å². The maximum absolute atomic E-state index is 5.90. The van der Waals surface area contributed by atoms with E-state index in [0.717, 1.165) is 29.7 Å². The Bertz CT molecular complexity index is 530. The van der Waals surface area contributed by atoms with Crippen molar-refractivity contribution in [2.24, 2.45) is 0 Å². The van der Waals surface area contributed by atoms with E-state index in [1.54, 1.807) is 0 Å². The fraction of sp³-hybridized carbons (Fsp3) is 0.273. The van der Waals surface area contributed by atoms with Gasteiger partial charge in [0.25, 0.3) is 0 Å². The Labute approximate surface area is 96.2 Å². The Kier molecular flexibility index (Phi) is 2.00. The van der Waals surface area contributed by atoms with Crippen LogP contribution >= 0.6 is 15.9 Å². The summed E-state index contributed by atoms with van der Waals surface area (Å²) >= 11 is 3.45. The van der Waals surface area contributed by atoms with Gasteiger partial charge in [-0.25, -0.2) is 0 Å². The minimum absolute atomic E-state index is 0.801. The van der Waals surface area contributed by atoms with Crippen LogP contribution in [0.3, 0.4) is 0 Å². The first-order chi connectivity index (χ1) is 7.25. The van der Waals surface area contributed by atoms with Crippen LogP contribution in [-0.4, -0.2) is 11.5 Å². The van der Waals surface area contributed by atoms with Crippen molar-refractivity contribution in [3.05, 3.63) is 27.9 Å². The van der Waals surface area contributed by atoms with Crippen LogP contribution in [0.15, 0.2) is 16.6 Å². The van der Waals surface area contributed by atoms with Gasteiger partial charge in [0.05, 0.1) is 0 Å². The molecule has 0 bridgehead atoms. The monoisotopic (exact) mass is 265 g/mol. The summed E-state index contributed by atoms with van der Waals surface area (Å²) in [6, 6.07) is 4.10. The third kappa shape index (κ3) is 1.36. The number of rotatable bonds is 0. The molecule has 15 heavy (non-hydrogen) atoms. The van der Waals surface area contributed by atoms with Crippen LogP contribution in [0.4, 0.5) is 5.69 Å². The molecule has 1 aromatic carbocycles. The summed E-state index contributed by atoms with van der Waals surface area (Å²) in [5, 5.41) is 4.63. The average Bonchev–Trinajstić information content (AvgIpc) is 2.57. The van der Waals surface area contributed by atoms with Gasteiger partial charge in [-0.05, 0) is 33.6 Å². The Morgan fingerprint density at radius 1 is 1.33 bits per heavy atom. The molecule has 0 fully saturated rings. The van der Waals surface area contributed by atoms with Gasteiger partial charge in [-0.15, -0.1) is 0 Å². The summed E-state index contributed by atoms with van der Waals surface area (Å²) in [5.41, 5.74) is 10.6. The van der Waals surface area contributed by atoms with Crippen molar-refractivity contribution >= 4 is 32.5 Å². The van der Waals surface area contributed by atoms with Crippen molar-refractivity contribution in [2.45, 2.75) is 13.0 Å². The summed E-state index contributed by atoms with van der Waals surface area (Å²) in [5.74, 6) is 0. The molecule has 78 valence electrons. The summed E-state index contributed by atoms with van der Waals surface area (Å²) in [7, 11) is 0. The predicted molar refractivity (Wildman–Crippen MR) is 65.8 cm³/mol. The Morgan fingerprint density at radius 3 is 3.07 bits per heavy atom. The molecular weight excluding hydrogens is 254 g/mol. The van der Waals surface area contributed by atoms with E-state index in [4.69, 9.17) is 5.73 Å². The lowest BCUT2D eigenvalue weighted by molar-refractivity contribution is 0.641. The summed E-state index contributed by atoms with van der Waals surface area (Å²) in [4.78, 5) is 3.46. The number of nitrogens with two attached hydrogens (primary N) is 1. The number of fused-ring (bicyclic) bond motifs is 3. The highest BCUT2D eigenvalue weighted by Gasteiger charge is 2.15. The molecule has 2 heterocycles. The van der Waals surface area contributed by atoms with Crippen molar-refractivity contribution in [3.8, 4) is 0 Å². The minimum atomic E-state index is 0.801. The zero-order valence-corrected chi connectivity index (χ0v) is 9.82. The molecule has 0 spiro atoms. The van der Waals surface area contributed by atoms with E-state index >= 15 is 0 Å². The SMILES string of the molecule is Nc1cc2c3c([nH]c2cc1Br)CCNC3. The molecule has 0 unspecified atom stereocenters. The molecule has 4 heteroatoms. The molecule has 3 rings (SSSR count). The number of hydrogen-bond donors (Lipinski definition) is 3. The second-order valence-corrected chi connectivity index (χ2v) is 4.78. The van der Waals surface area contributed by atoms with Crippen LogP contribution in [0.1, 0.15) is 11.3 Å². The van der Waals surface area contributed by atoms with Gasteiger partial charge in [0.2, 0.25) is 0 Å². The molecular formula is C11H12BrN3. The molecule has 1 aromatic heterocycles. The minimum Gasteiger partial charge on any atom is -0.398 e. The Balaban J connectivity index is 2.33. The van der Waals surface area contributed by atoms with Crippen LogP contribution in [0.2, 0.25) is 0 Å². The van der Waals surface area contributed by atoms with E-state index in [-0.39, 0.29) is 0 Å². The van der Waals surface area contributed by atoms with Crippen LogP contribution in [0.5, 0.6) is 0 Å². The van der Waals surface area contributed by atoms with Crippen molar-refractivity contribution in [2.75, 3.05) is 12.3 Å². The van der Waals surface area contributed by atoms with E-state index in [0.29, 0.717) is 0 Å². The molecule has 4 N–H and O–H groups in total. The molecule has 0 atom stereocenters. The molecule has 3 nitrogen and oxygen atoms in total. The first-order valence-corrected chi connectivity index (χ1v) is 5.84. The van der Waals surface area contributed by atoms with Crippen molar-refractivity contribution in [3.63, 3.8) is 0 Å². The summed E-state index contributed by atoms with van der Waals surface area (Å²) < 4.78 is 0.960. The number of anilines is 1. The topological polar surface area (TPSA) is 53.8 Å². The lowest BCUT2D eigenvalue weighted by Gasteiger charge is -2.12. The second-order valence-electron chi connectivity index (χ2n) is 3.93. The van der Waals surface area contributed by atoms with E-state index in [1.165, 1.54) is 22.2 Å². The number of benzene rings is 1. The lowest BCUT2D eigenvalue weighted by Crippen LogP contribution is -2.22. The summed E-state index contributed by atoms with van der Waals surface area (Å²) in [6.45, 7) is 1.99. The van der Waals surface area contributed by atoms with Gasteiger partial charge in [0.15, 0.2) is 0 Å². The fourth-order valence-corrected chi connectivity index (χ4v) is 2.53. The molecule has 1 aliphatic heterocycles. The molecule has 0 aliphatic carbocycles. The van der Waals surface area contributed by atoms with Crippen molar-refractivity contribution in [1.82, 2.24) is 10.3 Å². The average molecular weight is 266 g/mol. The maximum atomic E-state index is 5.90. The van der Waals surface area contributed by atoms with Crippen LogP contribution in [0.25, 0.3) is 10.9 Å². The number of halogens is 1. The summed E-state index contributed by atoms with van der Waals surface area (Å²) in [6.07, 6.45) is 1.07. The third-order valence-electron chi connectivity index (χ3n) is 2.97. The van der Waals surface area contributed by atoms with E-state index < -0.39 is 0 Å². The van der Waals surface area contributed by atoms with Gasteiger partial charge in [0.1, 0.15) is 0 Å². The van der Waals surface area contributed by atoms with Gasteiger partial charge in [-0.1, -0.05) is 0 Å². The first-order valence-electron chi connectivity index (χ1n) is 5.05. The van der Waals surface area contributed by atoms with Crippen LogP contribution < -0.4 is 11.1 Å². The smallest absolute Gasteiger partial charge is 0.0472 e. The predicted octanol–water partition coefficient (Wildman–Crippen LogP) is 2.16. The number of nitrogen functional groups attached to an aromatic ring is 1. The van der Waals surface area contributed by atoms with Crippen molar-refractivity contribution < 1.29 is 0 Å². The number of aromatic nitrogens is 1. The van der Waals surface area contributed by atoms with Gasteiger partial charge < -0.3 is 16.0 Å². The quantitative estimate of drug-likeness (QED) is 0.640. The highest BCUT2D eigenvalue weighted by Crippen LogP contribution is 2.31. The highest BCUT2D eigenvalue weighted by molar-refractivity contribution is 9.10. The normalized spacial score (nSPS) is 15.5. The van der Waals surface area contributed by atoms with Gasteiger partial charge in [0, 0.05) is 46.3 Å². The molecule has 0 saturated heterocycles. The third-order valence-corrected chi connectivity index (χ3v) is 3.65. The van der Waals surface area contributed by atoms with Crippen molar-refractivity contribution in [1.29, 1.82) is 0 Å². The molecule has 0 radical (unpaired) electrons. The highest BCUT2D eigenvalue weighted by atomic mass is 79.9.